The van der Waals surface area contributed by atoms with E-state index in [0.29, 0.717) is 0 Å². The fourth-order valence-corrected chi connectivity index (χ4v) is 2.70. The smallest absolute Gasteiger partial charge is 0.303 e. The molecule has 1 aromatic rings. The van der Waals surface area contributed by atoms with Gasteiger partial charge in [-0.05, 0) is 42.2 Å². The van der Waals surface area contributed by atoms with Gasteiger partial charge in [0.05, 0.1) is 0 Å². The molecule has 1 heterocycles. The molecule has 1 aliphatic heterocycles. The molecule has 0 N–H and O–H groups in total. The van der Waals surface area contributed by atoms with Crippen molar-refractivity contribution < 1.29 is 19.0 Å². The molecule has 0 fully saturated rings. The van der Waals surface area contributed by atoms with Crippen molar-refractivity contribution in [2.45, 2.75) is 39.2 Å². The third-order valence-corrected chi connectivity index (χ3v) is 3.64. The summed E-state index contributed by atoms with van der Waals surface area (Å²) in [6.45, 7) is 3.86. The van der Waals surface area contributed by atoms with Gasteiger partial charge in [-0.15, -0.1) is 0 Å². The fourth-order valence-electron chi connectivity index (χ4n) is 2.70. The molecule has 0 aromatic heterocycles. The van der Waals surface area contributed by atoms with Crippen molar-refractivity contribution in [3.05, 3.63) is 29.3 Å². The molecular weight excluding hydrogens is 256 g/mol. The van der Waals surface area contributed by atoms with E-state index in [1.54, 1.807) is 0 Å². The van der Waals surface area contributed by atoms with Gasteiger partial charge in [-0.1, -0.05) is 13.3 Å². The summed E-state index contributed by atoms with van der Waals surface area (Å²) in [6.07, 6.45) is 4.98. The van der Waals surface area contributed by atoms with Crippen LogP contribution in [0.1, 0.15) is 50.3 Å². The summed E-state index contributed by atoms with van der Waals surface area (Å²) in [5.41, 5.74) is 3.34. The first kappa shape index (κ1) is 13.0. The molecule has 1 aliphatic carbocycles. The average molecular weight is 274 g/mol. The SMILES string of the molecule is CCCCC1=CC(OC(C)=O)c2cc3c(cc21)OCO3. The van der Waals surface area contributed by atoms with E-state index >= 15 is 0 Å². The van der Waals surface area contributed by atoms with Crippen LogP contribution in [0.15, 0.2) is 18.2 Å². The highest BCUT2D eigenvalue weighted by molar-refractivity contribution is 5.78. The molecule has 0 amide bonds. The number of esters is 1. The van der Waals surface area contributed by atoms with Crippen LogP contribution in [0.3, 0.4) is 0 Å². The highest BCUT2D eigenvalue weighted by atomic mass is 16.7. The Kier molecular flexibility index (Phi) is 3.38. The maximum atomic E-state index is 11.3. The van der Waals surface area contributed by atoms with Crippen LogP contribution in [0.5, 0.6) is 11.5 Å². The monoisotopic (exact) mass is 274 g/mol. The molecule has 20 heavy (non-hydrogen) atoms. The summed E-state index contributed by atoms with van der Waals surface area (Å²) in [4.78, 5) is 11.3. The Labute approximate surface area is 118 Å². The number of carbonyl (C=O) groups is 1. The number of hydrogen-bond acceptors (Lipinski definition) is 4. The van der Waals surface area contributed by atoms with E-state index in [1.165, 1.54) is 12.5 Å². The first-order valence-corrected chi connectivity index (χ1v) is 7.01. The van der Waals surface area contributed by atoms with Crippen molar-refractivity contribution in [2.75, 3.05) is 6.79 Å². The second-order valence-corrected chi connectivity index (χ2v) is 5.12. The summed E-state index contributed by atoms with van der Waals surface area (Å²) in [5, 5.41) is 0. The van der Waals surface area contributed by atoms with Crippen LogP contribution in [-0.4, -0.2) is 12.8 Å². The van der Waals surface area contributed by atoms with E-state index < -0.39 is 0 Å². The highest BCUT2D eigenvalue weighted by Gasteiger charge is 2.29. The Balaban J connectivity index is 1.97. The van der Waals surface area contributed by atoms with E-state index in [0.717, 1.165) is 41.9 Å². The van der Waals surface area contributed by atoms with Crippen LogP contribution in [0.25, 0.3) is 5.57 Å². The Morgan fingerprint density at radius 2 is 2.10 bits per heavy atom. The van der Waals surface area contributed by atoms with Crippen molar-refractivity contribution in [1.82, 2.24) is 0 Å². The average Bonchev–Trinajstić information content (AvgIpc) is 2.98. The van der Waals surface area contributed by atoms with Gasteiger partial charge in [-0.2, -0.15) is 0 Å². The lowest BCUT2D eigenvalue weighted by Crippen LogP contribution is -2.04. The number of rotatable bonds is 4. The second-order valence-electron chi connectivity index (χ2n) is 5.12. The number of allylic oxidation sites excluding steroid dienone is 1. The maximum absolute atomic E-state index is 11.3. The summed E-state index contributed by atoms with van der Waals surface area (Å²) >= 11 is 0. The molecule has 4 nitrogen and oxygen atoms in total. The molecule has 0 saturated heterocycles. The Morgan fingerprint density at radius 1 is 1.35 bits per heavy atom. The lowest BCUT2D eigenvalue weighted by molar-refractivity contribution is -0.144. The summed E-state index contributed by atoms with van der Waals surface area (Å²) in [5.74, 6) is 1.23. The molecule has 1 atom stereocenters. The van der Waals surface area contributed by atoms with E-state index in [2.05, 4.69) is 6.92 Å². The van der Waals surface area contributed by atoms with Crippen LogP contribution in [0.4, 0.5) is 0 Å². The Morgan fingerprint density at radius 3 is 2.80 bits per heavy atom. The molecule has 0 saturated carbocycles. The molecule has 2 aliphatic rings. The zero-order valence-corrected chi connectivity index (χ0v) is 11.8. The van der Waals surface area contributed by atoms with Crippen LogP contribution in [-0.2, 0) is 9.53 Å². The normalized spacial score (nSPS) is 18.7. The molecular formula is C16H18O4. The number of benzene rings is 1. The molecule has 1 aromatic carbocycles. The predicted molar refractivity (Wildman–Crippen MR) is 74.6 cm³/mol. The first-order valence-electron chi connectivity index (χ1n) is 7.01. The summed E-state index contributed by atoms with van der Waals surface area (Å²) < 4.78 is 16.2. The third kappa shape index (κ3) is 2.26. The fraction of sp³-hybridized carbons (Fsp3) is 0.438. The Hall–Kier alpha value is -1.97. The molecule has 1 unspecified atom stereocenters. The van der Waals surface area contributed by atoms with Gasteiger partial charge in [0, 0.05) is 12.5 Å². The van der Waals surface area contributed by atoms with Crippen LogP contribution >= 0.6 is 0 Å². The van der Waals surface area contributed by atoms with E-state index in [4.69, 9.17) is 14.2 Å². The van der Waals surface area contributed by atoms with E-state index in [9.17, 15) is 4.79 Å². The number of hydrogen-bond donors (Lipinski definition) is 0. The molecule has 0 radical (unpaired) electrons. The predicted octanol–water partition coefficient (Wildman–Crippen LogP) is 3.61. The number of unbranched alkanes of at least 4 members (excludes halogenated alkanes) is 1. The largest absolute Gasteiger partial charge is 0.454 e. The van der Waals surface area contributed by atoms with Crippen LogP contribution < -0.4 is 9.47 Å². The van der Waals surface area contributed by atoms with Gasteiger partial charge in [-0.3, -0.25) is 4.79 Å². The van der Waals surface area contributed by atoms with Crippen molar-refractivity contribution in [1.29, 1.82) is 0 Å². The van der Waals surface area contributed by atoms with E-state index in [1.807, 2.05) is 18.2 Å². The lowest BCUT2D eigenvalue weighted by Gasteiger charge is -2.11. The Bertz CT molecular complexity index is 574. The third-order valence-electron chi connectivity index (χ3n) is 3.64. The topological polar surface area (TPSA) is 44.8 Å². The number of fused-ring (bicyclic) bond motifs is 2. The van der Waals surface area contributed by atoms with Crippen molar-refractivity contribution in [3.63, 3.8) is 0 Å². The zero-order chi connectivity index (χ0) is 14.1. The molecule has 4 heteroatoms. The van der Waals surface area contributed by atoms with Crippen molar-refractivity contribution in [2.24, 2.45) is 0 Å². The summed E-state index contributed by atoms with van der Waals surface area (Å²) in [7, 11) is 0. The number of ether oxygens (including phenoxy) is 3. The van der Waals surface area contributed by atoms with Gasteiger partial charge in [0.25, 0.3) is 0 Å². The lowest BCUT2D eigenvalue weighted by atomic mass is 10.0. The van der Waals surface area contributed by atoms with Crippen molar-refractivity contribution in [3.8, 4) is 11.5 Å². The van der Waals surface area contributed by atoms with Gasteiger partial charge in [0.15, 0.2) is 11.5 Å². The minimum absolute atomic E-state index is 0.254. The zero-order valence-electron chi connectivity index (χ0n) is 11.8. The van der Waals surface area contributed by atoms with Gasteiger partial charge < -0.3 is 14.2 Å². The minimum atomic E-state index is -0.302. The molecule has 106 valence electrons. The van der Waals surface area contributed by atoms with Gasteiger partial charge >= 0.3 is 5.97 Å². The maximum Gasteiger partial charge on any atom is 0.303 e. The van der Waals surface area contributed by atoms with Gasteiger partial charge in [0.1, 0.15) is 6.10 Å². The second kappa shape index (κ2) is 5.19. The van der Waals surface area contributed by atoms with Crippen molar-refractivity contribution >= 4 is 11.5 Å². The first-order chi connectivity index (χ1) is 9.69. The minimum Gasteiger partial charge on any atom is -0.454 e. The van der Waals surface area contributed by atoms with Crippen LogP contribution in [0, 0.1) is 0 Å². The quantitative estimate of drug-likeness (QED) is 0.787. The van der Waals surface area contributed by atoms with Crippen LogP contribution in [0.2, 0.25) is 0 Å². The number of carbonyl (C=O) groups excluding carboxylic acids is 1. The highest BCUT2D eigenvalue weighted by Crippen LogP contribution is 2.45. The standard InChI is InChI=1S/C16H18O4/c1-3-4-5-11-6-14(20-10(2)17)13-8-16-15(7-12(11)13)18-9-19-16/h6-8,14H,3-5,9H2,1-2H3. The van der Waals surface area contributed by atoms with Gasteiger partial charge in [-0.25, -0.2) is 0 Å². The van der Waals surface area contributed by atoms with E-state index in [-0.39, 0.29) is 18.9 Å². The molecule has 0 bridgehead atoms. The molecule has 0 spiro atoms. The van der Waals surface area contributed by atoms with Gasteiger partial charge in [0.2, 0.25) is 6.79 Å². The molecule has 3 rings (SSSR count). The summed E-state index contributed by atoms with van der Waals surface area (Å²) in [6, 6.07) is 3.93.